The largest absolute Gasteiger partial charge is 0.303 e. The zero-order chi connectivity index (χ0) is 19.8. The summed E-state index contributed by atoms with van der Waals surface area (Å²) in [6.45, 7) is 4.88. The summed E-state index contributed by atoms with van der Waals surface area (Å²) in [5.74, 6) is 0.893. The summed E-state index contributed by atoms with van der Waals surface area (Å²) >= 11 is 7.40. The van der Waals surface area contributed by atoms with Gasteiger partial charge < -0.3 is 4.57 Å². The molecule has 0 aliphatic carbocycles. The Balaban J connectivity index is 1.61. The van der Waals surface area contributed by atoms with E-state index in [-0.39, 0.29) is 6.04 Å². The molecule has 0 aliphatic rings. The quantitative estimate of drug-likeness (QED) is 0.425. The lowest BCUT2D eigenvalue weighted by atomic mass is 10.1. The number of aryl methyl sites for hydroxylation is 1. The summed E-state index contributed by atoms with van der Waals surface area (Å²) in [6, 6.07) is 16.7. The normalized spacial score (nSPS) is 12.8. The summed E-state index contributed by atoms with van der Waals surface area (Å²) in [6.07, 6.45) is 0. The first-order chi connectivity index (χ1) is 13.5. The third-order valence-corrected chi connectivity index (χ3v) is 6.80. The Morgan fingerprint density at radius 3 is 2.61 bits per heavy atom. The van der Waals surface area contributed by atoms with Gasteiger partial charge in [-0.15, -0.1) is 11.3 Å². The van der Waals surface area contributed by atoms with E-state index in [4.69, 9.17) is 22.3 Å². The number of nitrogens with zero attached hydrogens (tertiary/aromatic N) is 5. The van der Waals surface area contributed by atoms with Crippen LogP contribution in [0.3, 0.4) is 0 Å². The Hall–Kier alpha value is -2.35. The fraction of sp³-hybridized carbons (Fsp3) is 0.286. The first-order valence-corrected chi connectivity index (χ1v) is 10.4. The average Bonchev–Trinajstić information content (AvgIpc) is 3.24. The molecule has 4 aromatic rings. The molecular weight excluding hydrogens is 386 g/mol. The molecule has 144 valence electrons. The van der Waals surface area contributed by atoms with Crippen LogP contribution in [0.15, 0.2) is 48.5 Å². The summed E-state index contributed by atoms with van der Waals surface area (Å²) in [7, 11) is 4.06. The topological polar surface area (TPSA) is 38.9 Å². The molecule has 0 aliphatic heterocycles. The molecule has 5 nitrogen and oxygen atoms in total. The fourth-order valence-corrected chi connectivity index (χ4v) is 4.50. The van der Waals surface area contributed by atoms with Crippen LogP contribution in [0.4, 0.5) is 0 Å². The first kappa shape index (κ1) is 19.0. The average molecular weight is 410 g/mol. The predicted octanol–water partition coefficient (Wildman–Crippen LogP) is 5.19. The minimum atomic E-state index is 0.170. The van der Waals surface area contributed by atoms with Crippen molar-refractivity contribution in [2.45, 2.75) is 26.6 Å². The number of fused-ring (bicyclic) bond motifs is 1. The Morgan fingerprint density at radius 1 is 1.14 bits per heavy atom. The molecule has 28 heavy (non-hydrogen) atoms. The van der Waals surface area contributed by atoms with Crippen LogP contribution < -0.4 is 0 Å². The van der Waals surface area contributed by atoms with Crippen molar-refractivity contribution >= 4 is 33.8 Å². The van der Waals surface area contributed by atoms with Gasteiger partial charge in [0.1, 0.15) is 5.01 Å². The molecule has 4 rings (SSSR count). The van der Waals surface area contributed by atoms with Crippen molar-refractivity contribution in [2.75, 3.05) is 7.05 Å². The van der Waals surface area contributed by atoms with E-state index in [1.165, 1.54) is 10.3 Å². The van der Waals surface area contributed by atoms with Crippen LogP contribution in [0.25, 0.3) is 21.6 Å². The summed E-state index contributed by atoms with van der Waals surface area (Å²) in [5, 5.41) is 5.92. The maximum Gasteiger partial charge on any atom is 0.199 e. The molecule has 0 saturated carbocycles. The van der Waals surface area contributed by atoms with Crippen molar-refractivity contribution in [1.82, 2.24) is 24.2 Å². The first-order valence-electron chi connectivity index (χ1n) is 9.21. The number of benzene rings is 2. The van der Waals surface area contributed by atoms with Gasteiger partial charge in [-0.25, -0.2) is 9.67 Å². The maximum atomic E-state index is 5.66. The lowest BCUT2D eigenvalue weighted by Crippen LogP contribution is -2.26. The molecule has 0 amide bonds. The number of thiazole rings is 1. The highest BCUT2D eigenvalue weighted by molar-refractivity contribution is 7.71. The Morgan fingerprint density at radius 2 is 1.86 bits per heavy atom. The number of para-hydroxylation sites is 1. The molecule has 0 N–H and O–H groups in total. The molecule has 0 spiro atoms. The van der Waals surface area contributed by atoms with Gasteiger partial charge in [0.15, 0.2) is 10.6 Å². The maximum absolute atomic E-state index is 5.66. The van der Waals surface area contributed by atoms with Gasteiger partial charge in [-0.1, -0.05) is 36.4 Å². The van der Waals surface area contributed by atoms with Gasteiger partial charge in [-0.3, -0.25) is 4.90 Å². The third kappa shape index (κ3) is 3.41. The summed E-state index contributed by atoms with van der Waals surface area (Å²) < 4.78 is 5.80. The van der Waals surface area contributed by atoms with Gasteiger partial charge >= 0.3 is 0 Å². The van der Waals surface area contributed by atoms with Crippen molar-refractivity contribution in [3.05, 3.63) is 63.9 Å². The second kappa shape index (κ2) is 7.58. The molecule has 2 aromatic heterocycles. The predicted molar refractivity (Wildman–Crippen MR) is 118 cm³/mol. The molecule has 0 fully saturated rings. The van der Waals surface area contributed by atoms with Crippen LogP contribution in [-0.4, -0.2) is 31.3 Å². The van der Waals surface area contributed by atoms with Crippen LogP contribution in [0.1, 0.15) is 23.5 Å². The van der Waals surface area contributed by atoms with Gasteiger partial charge in [-0.05, 0) is 50.8 Å². The van der Waals surface area contributed by atoms with E-state index in [0.29, 0.717) is 11.4 Å². The molecule has 7 heteroatoms. The Bertz CT molecular complexity index is 1150. The van der Waals surface area contributed by atoms with Crippen molar-refractivity contribution in [2.24, 2.45) is 7.05 Å². The summed E-state index contributed by atoms with van der Waals surface area (Å²) in [5.41, 5.74) is 3.35. The monoisotopic (exact) mass is 409 g/mol. The molecular formula is C21H23N5S2. The van der Waals surface area contributed by atoms with Gasteiger partial charge in [0.2, 0.25) is 0 Å². The number of aromatic nitrogens is 4. The number of hydrogen-bond donors (Lipinski definition) is 0. The smallest absolute Gasteiger partial charge is 0.199 e. The van der Waals surface area contributed by atoms with E-state index in [1.807, 2.05) is 34.5 Å². The highest BCUT2D eigenvalue weighted by atomic mass is 32.1. The SMILES string of the molecule is Cc1ccccc1-c1nn(CN(C)[C@@H](C)c2nc3ccccc3s2)c(=S)n1C. The lowest BCUT2D eigenvalue weighted by molar-refractivity contribution is 0.194. The van der Waals surface area contributed by atoms with Crippen molar-refractivity contribution in [3.8, 4) is 11.4 Å². The highest BCUT2D eigenvalue weighted by Crippen LogP contribution is 2.29. The second-order valence-electron chi connectivity index (χ2n) is 7.07. The van der Waals surface area contributed by atoms with Crippen LogP contribution in [0, 0.1) is 11.7 Å². The molecule has 0 radical (unpaired) electrons. The molecule has 0 unspecified atom stereocenters. The van der Waals surface area contributed by atoms with Crippen LogP contribution >= 0.6 is 23.6 Å². The highest BCUT2D eigenvalue weighted by Gasteiger charge is 2.19. The number of rotatable bonds is 5. The molecule has 0 saturated heterocycles. The van der Waals surface area contributed by atoms with Crippen LogP contribution in [-0.2, 0) is 13.7 Å². The molecule has 2 heterocycles. The zero-order valence-corrected chi connectivity index (χ0v) is 18.1. The van der Waals surface area contributed by atoms with Crippen molar-refractivity contribution in [1.29, 1.82) is 0 Å². The van der Waals surface area contributed by atoms with E-state index >= 15 is 0 Å². The zero-order valence-electron chi connectivity index (χ0n) is 16.5. The van der Waals surface area contributed by atoms with Crippen molar-refractivity contribution in [3.63, 3.8) is 0 Å². The van der Waals surface area contributed by atoms with Gasteiger partial charge in [-0.2, -0.15) is 5.10 Å². The van der Waals surface area contributed by atoms with Crippen LogP contribution in [0.5, 0.6) is 0 Å². The van der Waals surface area contributed by atoms with E-state index < -0.39 is 0 Å². The molecule has 2 aromatic carbocycles. The lowest BCUT2D eigenvalue weighted by Gasteiger charge is -2.22. The van der Waals surface area contributed by atoms with Crippen molar-refractivity contribution < 1.29 is 0 Å². The second-order valence-corrected chi connectivity index (χ2v) is 8.50. The van der Waals surface area contributed by atoms with E-state index in [9.17, 15) is 0 Å². The van der Waals surface area contributed by atoms with E-state index in [0.717, 1.165) is 21.9 Å². The summed E-state index contributed by atoms with van der Waals surface area (Å²) in [4.78, 5) is 7.02. The minimum Gasteiger partial charge on any atom is -0.303 e. The van der Waals surface area contributed by atoms with E-state index in [1.54, 1.807) is 11.3 Å². The molecule has 1 atom stereocenters. The Kier molecular flexibility index (Phi) is 5.14. The van der Waals surface area contributed by atoms with Gasteiger partial charge in [0.25, 0.3) is 0 Å². The Labute approximate surface area is 173 Å². The molecule has 0 bridgehead atoms. The number of hydrogen-bond acceptors (Lipinski definition) is 5. The van der Waals surface area contributed by atoms with Crippen LogP contribution in [0.2, 0.25) is 0 Å². The minimum absolute atomic E-state index is 0.170. The third-order valence-electron chi connectivity index (χ3n) is 5.11. The standard InChI is InChI=1S/C21H23N5S2/c1-14-9-5-6-10-16(14)19-23-26(21(27)25(19)4)13-24(3)15(2)20-22-17-11-7-8-12-18(17)28-20/h5-12,15H,13H2,1-4H3/t15-/m0/s1. The van der Waals surface area contributed by atoms with Gasteiger partial charge in [0.05, 0.1) is 22.9 Å². The van der Waals surface area contributed by atoms with Gasteiger partial charge in [0, 0.05) is 12.6 Å². The van der Waals surface area contributed by atoms with E-state index in [2.05, 4.69) is 56.1 Å². The fourth-order valence-electron chi connectivity index (χ4n) is 3.23.